The van der Waals surface area contributed by atoms with Gasteiger partial charge in [0.2, 0.25) is 5.91 Å². The summed E-state index contributed by atoms with van der Waals surface area (Å²) in [5.74, 6) is 1.74. The molecular formula is C18H23N3O2S2. The molecule has 1 heterocycles. The number of amides is 1. The van der Waals surface area contributed by atoms with E-state index in [-0.39, 0.29) is 17.2 Å². The maximum absolute atomic E-state index is 12.3. The van der Waals surface area contributed by atoms with E-state index in [4.69, 9.17) is 0 Å². The Hall–Kier alpha value is -1.73. The Balaban J connectivity index is 2.01. The van der Waals surface area contributed by atoms with Gasteiger partial charge in [0.15, 0.2) is 5.16 Å². The minimum atomic E-state index is -0.185. The molecule has 0 aliphatic heterocycles. The van der Waals surface area contributed by atoms with E-state index in [0.29, 0.717) is 10.9 Å². The van der Waals surface area contributed by atoms with E-state index in [9.17, 15) is 9.59 Å². The van der Waals surface area contributed by atoms with Crippen molar-refractivity contribution in [3.05, 3.63) is 50.9 Å². The number of aromatic nitrogens is 2. The molecule has 1 aromatic heterocycles. The number of aryl methyl sites for hydroxylation is 3. The normalized spacial score (nSPS) is 10.7. The van der Waals surface area contributed by atoms with Crippen molar-refractivity contribution in [3.8, 4) is 0 Å². The Morgan fingerprint density at radius 1 is 1.20 bits per heavy atom. The van der Waals surface area contributed by atoms with E-state index in [0.717, 1.165) is 28.3 Å². The van der Waals surface area contributed by atoms with E-state index in [2.05, 4.69) is 22.2 Å². The van der Waals surface area contributed by atoms with Gasteiger partial charge in [0, 0.05) is 17.5 Å². The molecule has 0 unspecified atom stereocenters. The molecule has 2 aromatic rings. The Bertz CT molecular complexity index is 795. The average molecular weight is 378 g/mol. The maximum Gasteiger partial charge on any atom is 0.251 e. The second-order valence-corrected chi connectivity index (χ2v) is 8.03. The molecule has 0 bridgehead atoms. The standard InChI is InChI=1S/C18H23N3O2S2/c1-5-24-9-14-8-15(22)21-18(19-14)25-10-16(23)20-17-12(3)6-11(2)7-13(17)4/h6-8H,5,9-10H2,1-4H3,(H,20,23)(H,19,21,22). The molecule has 0 saturated heterocycles. The average Bonchev–Trinajstić information content (AvgIpc) is 2.54. The summed E-state index contributed by atoms with van der Waals surface area (Å²) in [6.07, 6.45) is 0. The lowest BCUT2D eigenvalue weighted by Crippen LogP contribution is -2.17. The molecule has 25 heavy (non-hydrogen) atoms. The molecule has 5 nitrogen and oxygen atoms in total. The van der Waals surface area contributed by atoms with Crippen molar-refractivity contribution in [1.29, 1.82) is 0 Å². The van der Waals surface area contributed by atoms with Crippen LogP contribution in [-0.2, 0) is 10.5 Å². The first-order valence-electron chi connectivity index (χ1n) is 8.07. The Morgan fingerprint density at radius 3 is 2.52 bits per heavy atom. The smallest absolute Gasteiger partial charge is 0.251 e. The van der Waals surface area contributed by atoms with Gasteiger partial charge in [-0.25, -0.2) is 4.98 Å². The van der Waals surface area contributed by atoms with Crippen LogP contribution in [0.5, 0.6) is 0 Å². The minimum Gasteiger partial charge on any atom is -0.325 e. The molecule has 0 aliphatic carbocycles. The highest BCUT2D eigenvalue weighted by molar-refractivity contribution is 7.99. The second kappa shape index (κ2) is 9.10. The van der Waals surface area contributed by atoms with Gasteiger partial charge in [-0.15, -0.1) is 0 Å². The zero-order chi connectivity index (χ0) is 18.4. The number of benzene rings is 1. The van der Waals surface area contributed by atoms with Crippen molar-refractivity contribution >= 4 is 35.1 Å². The molecule has 2 rings (SSSR count). The molecule has 1 amide bonds. The van der Waals surface area contributed by atoms with E-state index in [1.807, 2.05) is 32.9 Å². The Kier molecular flexibility index (Phi) is 7.13. The summed E-state index contributed by atoms with van der Waals surface area (Å²) in [5.41, 5.74) is 4.66. The second-order valence-electron chi connectivity index (χ2n) is 5.79. The number of rotatable bonds is 7. The van der Waals surface area contributed by atoms with Crippen LogP contribution in [0.15, 0.2) is 28.2 Å². The first-order valence-corrected chi connectivity index (χ1v) is 10.2. The van der Waals surface area contributed by atoms with Crippen molar-refractivity contribution in [3.63, 3.8) is 0 Å². The number of H-pyrrole nitrogens is 1. The van der Waals surface area contributed by atoms with Gasteiger partial charge in [-0.2, -0.15) is 11.8 Å². The van der Waals surface area contributed by atoms with Crippen LogP contribution in [0.2, 0.25) is 0 Å². The summed E-state index contributed by atoms with van der Waals surface area (Å²) in [7, 11) is 0. The molecule has 7 heteroatoms. The number of nitrogens with zero attached hydrogens (tertiary/aromatic N) is 1. The first kappa shape index (κ1) is 19.6. The van der Waals surface area contributed by atoms with Crippen molar-refractivity contribution in [1.82, 2.24) is 9.97 Å². The van der Waals surface area contributed by atoms with Gasteiger partial charge in [-0.05, 0) is 37.7 Å². The molecule has 0 fully saturated rings. The van der Waals surface area contributed by atoms with Crippen molar-refractivity contribution in [2.75, 3.05) is 16.8 Å². The lowest BCUT2D eigenvalue weighted by atomic mass is 10.1. The van der Waals surface area contributed by atoms with Gasteiger partial charge in [-0.3, -0.25) is 9.59 Å². The third kappa shape index (κ3) is 5.93. The fraction of sp³-hybridized carbons (Fsp3) is 0.389. The van der Waals surface area contributed by atoms with Crippen molar-refractivity contribution in [2.45, 2.75) is 38.6 Å². The third-order valence-electron chi connectivity index (χ3n) is 3.51. The predicted molar refractivity (Wildman–Crippen MR) is 107 cm³/mol. The van der Waals surface area contributed by atoms with E-state index in [1.54, 1.807) is 11.8 Å². The number of carbonyl (C=O) groups excluding carboxylic acids is 1. The van der Waals surface area contributed by atoms with Gasteiger partial charge in [-0.1, -0.05) is 36.4 Å². The molecule has 0 radical (unpaired) electrons. The molecule has 134 valence electrons. The lowest BCUT2D eigenvalue weighted by molar-refractivity contribution is -0.113. The third-order valence-corrected chi connectivity index (χ3v) is 5.29. The van der Waals surface area contributed by atoms with Gasteiger partial charge in [0.1, 0.15) is 0 Å². The van der Waals surface area contributed by atoms with Gasteiger partial charge >= 0.3 is 0 Å². The number of nitrogens with one attached hydrogen (secondary N) is 2. The lowest BCUT2D eigenvalue weighted by Gasteiger charge is -2.12. The maximum atomic E-state index is 12.3. The van der Waals surface area contributed by atoms with Crippen LogP contribution in [-0.4, -0.2) is 27.4 Å². The van der Waals surface area contributed by atoms with Crippen LogP contribution in [0.4, 0.5) is 5.69 Å². The van der Waals surface area contributed by atoms with Crippen LogP contribution in [0.25, 0.3) is 0 Å². The van der Waals surface area contributed by atoms with Gasteiger partial charge in [0.05, 0.1) is 11.4 Å². The van der Waals surface area contributed by atoms with Crippen LogP contribution < -0.4 is 10.9 Å². The fourth-order valence-corrected chi connectivity index (χ4v) is 3.77. The van der Waals surface area contributed by atoms with E-state index >= 15 is 0 Å². The van der Waals surface area contributed by atoms with Gasteiger partial charge < -0.3 is 10.3 Å². The molecule has 0 atom stereocenters. The SMILES string of the molecule is CCSCc1cc(=O)[nH]c(SCC(=O)Nc2c(C)cc(C)cc2C)n1. The number of aromatic amines is 1. The highest BCUT2D eigenvalue weighted by atomic mass is 32.2. The highest BCUT2D eigenvalue weighted by Gasteiger charge is 2.10. The number of hydrogen-bond acceptors (Lipinski definition) is 5. The molecular weight excluding hydrogens is 354 g/mol. The van der Waals surface area contributed by atoms with Crippen LogP contribution in [0.1, 0.15) is 29.3 Å². The topological polar surface area (TPSA) is 74.8 Å². The summed E-state index contributed by atoms with van der Waals surface area (Å²) in [5, 5.41) is 3.43. The van der Waals surface area contributed by atoms with E-state index < -0.39 is 0 Å². The molecule has 1 aromatic carbocycles. The van der Waals surface area contributed by atoms with E-state index in [1.165, 1.54) is 23.4 Å². The van der Waals surface area contributed by atoms with Crippen LogP contribution in [0.3, 0.4) is 0 Å². The summed E-state index contributed by atoms with van der Waals surface area (Å²) < 4.78 is 0. The van der Waals surface area contributed by atoms with Crippen molar-refractivity contribution in [2.24, 2.45) is 0 Å². The zero-order valence-electron chi connectivity index (χ0n) is 14.9. The minimum absolute atomic E-state index is 0.115. The number of thioether (sulfide) groups is 2. The molecule has 2 N–H and O–H groups in total. The fourth-order valence-electron chi connectivity index (χ4n) is 2.52. The molecule has 0 saturated carbocycles. The number of carbonyl (C=O) groups is 1. The summed E-state index contributed by atoms with van der Waals surface area (Å²) in [6.45, 7) is 8.06. The quantitative estimate of drug-likeness (QED) is 0.569. The molecule has 0 aliphatic rings. The summed E-state index contributed by atoms with van der Waals surface area (Å²) >= 11 is 2.94. The number of hydrogen-bond donors (Lipinski definition) is 2. The Morgan fingerprint density at radius 2 is 1.88 bits per heavy atom. The van der Waals surface area contributed by atoms with Gasteiger partial charge in [0.25, 0.3) is 5.56 Å². The first-order chi connectivity index (χ1) is 11.9. The Labute approximate surface area is 156 Å². The monoisotopic (exact) mass is 377 g/mol. The summed E-state index contributed by atoms with van der Waals surface area (Å²) in [6, 6.07) is 5.60. The molecule has 0 spiro atoms. The summed E-state index contributed by atoms with van der Waals surface area (Å²) in [4.78, 5) is 31.1. The largest absolute Gasteiger partial charge is 0.325 e. The predicted octanol–water partition coefficient (Wildman–Crippen LogP) is 3.68. The van der Waals surface area contributed by atoms with Crippen LogP contribution in [0, 0.1) is 20.8 Å². The number of anilines is 1. The highest BCUT2D eigenvalue weighted by Crippen LogP contribution is 2.22. The van der Waals surface area contributed by atoms with Crippen molar-refractivity contribution < 1.29 is 4.79 Å². The van der Waals surface area contributed by atoms with Crippen LogP contribution >= 0.6 is 23.5 Å². The zero-order valence-corrected chi connectivity index (χ0v) is 16.6.